The van der Waals surface area contributed by atoms with Gasteiger partial charge in [0.1, 0.15) is 0 Å². The quantitative estimate of drug-likeness (QED) is 0.578. The van der Waals surface area contributed by atoms with Crippen LogP contribution in [0.5, 0.6) is 0 Å². The van der Waals surface area contributed by atoms with Gasteiger partial charge in [-0.05, 0) is 19.3 Å². The van der Waals surface area contributed by atoms with Crippen molar-refractivity contribution in [2.45, 2.75) is 45.8 Å². The number of hydrogen-bond donors (Lipinski definition) is 3. The zero-order valence-electron chi connectivity index (χ0n) is 9.29. The van der Waals surface area contributed by atoms with Crippen LogP contribution in [0.2, 0.25) is 0 Å². The normalized spacial score (nSPS) is 15.3. The Kier molecular flexibility index (Phi) is 6.49. The van der Waals surface area contributed by atoms with Gasteiger partial charge in [-0.1, -0.05) is 13.8 Å². The van der Waals surface area contributed by atoms with Crippen LogP contribution in [0.1, 0.15) is 33.6 Å². The smallest absolute Gasteiger partial charge is 0.220 e. The van der Waals surface area contributed by atoms with Crippen LogP contribution in [-0.2, 0) is 4.79 Å². The third-order valence-corrected chi connectivity index (χ3v) is 2.10. The zero-order valence-corrected chi connectivity index (χ0v) is 9.29. The van der Waals surface area contributed by atoms with E-state index < -0.39 is 6.10 Å². The maximum atomic E-state index is 11.2. The Bertz CT molecular complexity index is 170. The van der Waals surface area contributed by atoms with E-state index in [0.717, 1.165) is 6.42 Å². The molecule has 4 heteroatoms. The molecule has 0 aromatic rings. The van der Waals surface area contributed by atoms with E-state index in [9.17, 15) is 4.79 Å². The number of nitrogens with two attached hydrogens (primary N) is 1. The lowest BCUT2D eigenvalue weighted by Crippen LogP contribution is -2.43. The first-order chi connectivity index (χ1) is 6.43. The summed E-state index contributed by atoms with van der Waals surface area (Å²) in [7, 11) is 0. The minimum absolute atomic E-state index is 0.00907. The van der Waals surface area contributed by atoms with E-state index in [0.29, 0.717) is 18.9 Å². The molecule has 0 aromatic carbocycles. The second-order valence-corrected chi connectivity index (χ2v) is 4.14. The monoisotopic (exact) mass is 202 g/mol. The van der Waals surface area contributed by atoms with E-state index in [2.05, 4.69) is 19.2 Å². The van der Waals surface area contributed by atoms with Crippen LogP contribution in [0.4, 0.5) is 0 Å². The van der Waals surface area contributed by atoms with Crippen molar-refractivity contribution in [3.8, 4) is 0 Å². The molecule has 0 saturated heterocycles. The highest BCUT2D eigenvalue weighted by atomic mass is 16.3. The first-order valence-corrected chi connectivity index (χ1v) is 5.13. The molecule has 14 heavy (non-hydrogen) atoms. The second kappa shape index (κ2) is 6.79. The van der Waals surface area contributed by atoms with Gasteiger partial charge in [-0.2, -0.15) is 0 Å². The minimum Gasteiger partial charge on any atom is -0.392 e. The molecule has 4 N–H and O–H groups in total. The highest BCUT2D eigenvalue weighted by Gasteiger charge is 2.10. The Morgan fingerprint density at radius 2 is 2.00 bits per heavy atom. The summed E-state index contributed by atoms with van der Waals surface area (Å²) in [6, 6.07) is -0.377. The highest BCUT2D eigenvalue weighted by Crippen LogP contribution is 2.02. The topological polar surface area (TPSA) is 75.4 Å². The molecule has 0 aromatic heterocycles. The van der Waals surface area contributed by atoms with Gasteiger partial charge in [0.2, 0.25) is 5.91 Å². The Morgan fingerprint density at radius 1 is 1.43 bits per heavy atom. The lowest BCUT2D eigenvalue weighted by molar-refractivity contribution is -0.121. The van der Waals surface area contributed by atoms with Crippen LogP contribution < -0.4 is 11.1 Å². The Morgan fingerprint density at radius 3 is 2.43 bits per heavy atom. The predicted molar refractivity (Wildman–Crippen MR) is 56.7 cm³/mol. The molecule has 2 atom stereocenters. The van der Waals surface area contributed by atoms with E-state index in [1.165, 1.54) is 0 Å². The molecule has 0 radical (unpaired) electrons. The van der Waals surface area contributed by atoms with Crippen LogP contribution in [-0.4, -0.2) is 29.7 Å². The van der Waals surface area contributed by atoms with Gasteiger partial charge in [-0.25, -0.2) is 0 Å². The molecular formula is C10H22N2O2. The fourth-order valence-corrected chi connectivity index (χ4v) is 0.910. The predicted octanol–water partition coefficient (Wildman–Crippen LogP) is 0.247. The highest BCUT2D eigenvalue weighted by molar-refractivity contribution is 5.75. The summed E-state index contributed by atoms with van der Waals surface area (Å²) in [5, 5.41) is 11.8. The SMILES string of the molecule is CC(C)CCC(=O)NCC(N)C(C)O. The van der Waals surface area contributed by atoms with Gasteiger partial charge in [-0.15, -0.1) is 0 Å². The molecule has 84 valence electrons. The molecule has 4 nitrogen and oxygen atoms in total. The van der Waals surface area contributed by atoms with Gasteiger partial charge < -0.3 is 16.2 Å². The van der Waals surface area contributed by atoms with Crippen molar-refractivity contribution in [1.82, 2.24) is 5.32 Å². The van der Waals surface area contributed by atoms with Crippen LogP contribution in [0.15, 0.2) is 0 Å². The summed E-state index contributed by atoms with van der Waals surface area (Å²) in [6.45, 7) is 6.11. The molecule has 0 aliphatic carbocycles. The van der Waals surface area contributed by atoms with Crippen LogP contribution in [0.3, 0.4) is 0 Å². The van der Waals surface area contributed by atoms with Crippen molar-refractivity contribution in [1.29, 1.82) is 0 Å². The van der Waals surface area contributed by atoms with E-state index in [-0.39, 0.29) is 11.9 Å². The molecule has 0 bridgehead atoms. The maximum Gasteiger partial charge on any atom is 0.220 e. The van der Waals surface area contributed by atoms with Gasteiger partial charge in [0, 0.05) is 19.0 Å². The number of aliphatic hydroxyl groups excluding tert-OH is 1. The second-order valence-electron chi connectivity index (χ2n) is 4.14. The van der Waals surface area contributed by atoms with Crippen LogP contribution in [0, 0.1) is 5.92 Å². The molecule has 0 heterocycles. The molecular weight excluding hydrogens is 180 g/mol. The number of rotatable bonds is 6. The number of nitrogens with one attached hydrogen (secondary N) is 1. The Labute approximate surface area is 85.9 Å². The third-order valence-electron chi connectivity index (χ3n) is 2.10. The standard InChI is InChI=1S/C10H22N2O2/c1-7(2)4-5-10(14)12-6-9(11)8(3)13/h7-9,13H,4-6,11H2,1-3H3,(H,12,14). The molecule has 1 amide bonds. The van der Waals surface area contributed by atoms with E-state index in [1.807, 2.05) is 0 Å². The molecule has 0 rings (SSSR count). The largest absolute Gasteiger partial charge is 0.392 e. The van der Waals surface area contributed by atoms with Gasteiger partial charge in [-0.3, -0.25) is 4.79 Å². The van der Waals surface area contributed by atoms with Crippen molar-refractivity contribution in [3.63, 3.8) is 0 Å². The summed E-state index contributed by atoms with van der Waals surface area (Å²) in [4.78, 5) is 11.2. The van der Waals surface area contributed by atoms with Crippen molar-refractivity contribution in [3.05, 3.63) is 0 Å². The average molecular weight is 202 g/mol. The van der Waals surface area contributed by atoms with E-state index in [4.69, 9.17) is 10.8 Å². The first kappa shape index (κ1) is 13.4. The Hall–Kier alpha value is -0.610. The number of carbonyl (C=O) groups is 1. The summed E-state index contributed by atoms with van der Waals surface area (Å²) in [5.74, 6) is 0.543. The van der Waals surface area contributed by atoms with Crippen LogP contribution in [0.25, 0.3) is 0 Å². The van der Waals surface area contributed by atoms with Gasteiger partial charge in [0.05, 0.1) is 6.10 Å². The zero-order chi connectivity index (χ0) is 11.1. The summed E-state index contributed by atoms with van der Waals surface area (Å²) < 4.78 is 0. The number of amides is 1. The van der Waals surface area contributed by atoms with E-state index in [1.54, 1.807) is 6.92 Å². The van der Waals surface area contributed by atoms with Gasteiger partial charge in [0.25, 0.3) is 0 Å². The third kappa shape index (κ3) is 6.86. The number of aliphatic hydroxyl groups is 1. The van der Waals surface area contributed by atoms with Crippen molar-refractivity contribution < 1.29 is 9.90 Å². The molecule has 0 aliphatic heterocycles. The van der Waals surface area contributed by atoms with Crippen molar-refractivity contribution in [2.75, 3.05) is 6.54 Å². The lowest BCUT2D eigenvalue weighted by atomic mass is 10.1. The molecule has 0 fully saturated rings. The average Bonchev–Trinajstić information content (AvgIpc) is 2.10. The summed E-state index contributed by atoms with van der Waals surface area (Å²) in [5.41, 5.74) is 5.56. The summed E-state index contributed by atoms with van der Waals surface area (Å²) in [6.07, 6.45) is 0.834. The van der Waals surface area contributed by atoms with Crippen LogP contribution >= 0.6 is 0 Å². The van der Waals surface area contributed by atoms with Crippen molar-refractivity contribution in [2.24, 2.45) is 11.7 Å². The fourth-order valence-electron chi connectivity index (χ4n) is 0.910. The number of hydrogen-bond acceptors (Lipinski definition) is 3. The Balaban J connectivity index is 3.54. The maximum absolute atomic E-state index is 11.2. The number of carbonyl (C=O) groups excluding carboxylic acids is 1. The molecule has 2 unspecified atom stereocenters. The van der Waals surface area contributed by atoms with Gasteiger partial charge in [0.15, 0.2) is 0 Å². The minimum atomic E-state index is -0.583. The van der Waals surface area contributed by atoms with Crippen molar-refractivity contribution >= 4 is 5.91 Å². The molecule has 0 aliphatic rings. The van der Waals surface area contributed by atoms with E-state index >= 15 is 0 Å². The summed E-state index contributed by atoms with van der Waals surface area (Å²) >= 11 is 0. The fraction of sp³-hybridized carbons (Fsp3) is 0.900. The molecule has 0 saturated carbocycles. The van der Waals surface area contributed by atoms with Gasteiger partial charge >= 0.3 is 0 Å². The lowest BCUT2D eigenvalue weighted by Gasteiger charge is -2.15. The molecule has 0 spiro atoms. The first-order valence-electron chi connectivity index (χ1n) is 5.13.